The summed E-state index contributed by atoms with van der Waals surface area (Å²) >= 11 is 0. The molecule has 0 aliphatic rings. The number of carbonyl (C=O) groups excluding carboxylic acids is 1. The van der Waals surface area contributed by atoms with Crippen LogP contribution >= 0.6 is 0 Å². The van der Waals surface area contributed by atoms with Crippen molar-refractivity contribution in [3.63, 3.8) is 0 Å². The zero-order valence-electron chi connectivity index (χ0n) is 8.50. The Balaban J connectivity index is 2.83. The largest absolute Gasteiger partial charge is 0.465 e. The lowest BCUT2D eigenvalue weighted by molar-refractivity contribution is 0.0600. The number of methoxy groups -OCH3 is 1. The minimum absolute atomic E-state index is 0.0260. The van der Waals surface area contributed by atoms with Gasteiger partial charge in [-0.15, -0.1) is 0 Å². The van der Waals surface area contributed by atoms with Crippen LogP contribution in [0.15, 0.2) is 18.2 Å². The molecule has 0 saturated heterocycles. The third kappa shape index (κ3) is 3.02. The molecular formula is C11H13FO3. The molecule has 0 unspecified atom stereocenters. The van der Waals surface area contributed by atoms with Gasteiger partial charge in [-0.1, -0.05) is 6.07 Å². The highest BCUT2D eigenvalue weighted by Gasteiger charge is 2.09. The Morgan fingerprint density at radius 1 is 1.53 bits per heavy atom. The van der Waals surface area contributed by atoms with Crippen LogP contribution < -0.4 is 0 Å². The van der Waals surface area contributed by atoms with Gasteiger partial charge in [0.15, 0.2) is 0 Å². The van der Waals surface area contributed by atoms with Crippen LogP contribution in [0.4, 0.5) is 4.39 Å². The van der Waals surface area contributed by atoms with Crippen molar-refractivity contribution < 1.29 is 19.0 Å². The molecule has 4 heteroatoms. The monoisotopic (exact) mass is 212 g/mol. The molecule has 1 aromatic carbocycles. The third-order valence-electron chi connectivity index (χ3n) is 2.08. The fourth-order valence-electron chi connectivity index (χ4n) is 1.26. The molecule has 0 aliphatic heterocycles. The van der Waals surface area contributed by atoms with Crippen molar-refractivity contribution in [3.05, 3.63) is 35.1 Å². The number of aryl methyl sites for hydroxylation is 1. The first-order valence-electron chi connectivity index (χ1n) is 4.66. The van der Waals surface area contributed by atoms with Crippen molar-refractivity contribution in [2.45, 2.75) is 12.8 Å². The zero-order chi connectivity index (χ0) is 11.3. The molecule has 0 heterocycles. The standard InChI is InChI=1S/C11H13FO3/c1-15-11(14)9-5-4-8(3-2-6-13)10(12)7-9/h4-5,7,13H,2-3,6H2,1H3. The number of benzene rings is 1. The number of hydrogen-bond acceptors (Lipinski definition) is 3. The lowest BCUT2D eigenvalue weighted by Crippen LogP contribution is -2.03. The molecule has 0 spiro atoms. The second-order valence-electron chi connectivity index (χ2n) is 3.12. The van der Waals surface area contributed by atoms with Crippen molar-refractivity contribution in [2.75, 3.05) is 13.7 Å². The Labute approximate surface area is 87.5 Å². The van der Waals surface area contributed by atoms with E-state index in [2.05, 4.69) is 4.74 Å². The van der Waals surface area contributed by atoms with E-state index >= 15 is 0 Å². The van der Waals surface area contributed by atoms with Crippen molar-refractivity contribution in [1.82, 2.24) is 0 Å². The highest BCUT2D eigenvalue weighted by molar-refractivity contribution is 5.89. The number of aliphatic hydroxyl groups excluding tert-OH is 1. The Morgan fingerprint density at radius 3 is 2.80 bits per heavy atom. The maximum atomic E-state index is 13.4. The number of ether oxygens (including phenoxy) is 1. The van der Waals surface area contributed by atoms with Gasteiger partial charge in [-0.2, -0.15) is 0 Å². The molecule has 0 saturated carbocycles. The smallest absolute Gasteiger partial charge is 0.337 e. The minimum atomic E-state index is -0.553. The third-order valence-corrected chi connectivity index (χ3v) is 2.08. The van der Waals surface area contributed by atoms with Gasteiger partial charge in [0.2, 0.25) is 0 Å². The highest BCUT2D eigenvalue weighted by Crippen LogP contribution is 2.13. The van der Waals surface area contributed by atoms with Gasteiger partial charge in [0.25, 0.3) is 0 Å². The van der Waals surface area contributed by atoms with E-state index in [-0.39, 0.29) is 12.2 Å². The fraction of sp³-hybridized carbons (Fsp3) is 0.364. The average molecular weight is 212 g/mol. The van der Waals surface area contributed by atoms with E-state index in [1.807, 2.05) is 0 Å². The second-order valence-corrected chi connectivity index (χ2v) is 3.12. The minimum Gasteiger partial charge on any atom is -0.465 e. The maximum absolute atomic E-state index is 13.4. The predicted octanol–water partition coefficient (Wildman–Crippen LogP) is 1.54. The number of hydrogen-bond donors (Lipinski definition) is 1. The summed E-state index contributed by atoms with van der Waals surface area (Å²) in [6.45, 7) is 0.0260. The summed E-state index contributed by atoms with van der Waals surface area (Å²) in [6.07, 6.45) is 0.971. The molecule has 0 fully saturated rings. The number of carbonyl (C=O) groups is 1. The number of aliphatic hydroxyl groups is 1. The molecule has 1 rings (SSSR count). The van der Waals surface area contributed by atoms with Gasteiger partial charge >= 0.3 is 5.97 Å². The Kier molecular flexibility index (Phi) is 4.24. The van der Waals surface area contributed by atoms with Gasteiger partial charge in [-0.25, -0.2) is 9.18 Å². The SMILES string of the molecule is COC(=O)c1ccc(CCCO)c(F)c1. The first kappa shape index (κ1) is 11.7. The first-order chi connectivity index (χ1) is 7.19. The van der Waals surface area contributed by atoms with Crippen LogP contribution in [0.2, 0.25) is 0 Å². The van der Waals surface area contributed by atoms with E-state index in [1.165, 1.54) is 19.2 Å². The van der Waals surface area contributed by atoms with Crippen LogP contribution in [0.3, 0.4) is 0 Å². The van der Waals surface area contributed by atoms with Crippen LogP contribution in [-0.2, 0) is 11.2 Å². The van der Waals surface area contributed by atoms with E-state index in [0.717, 1.165) is 6.07 Å². The quantitative estimate of drug-likeness (QED) is 0.770. The van der Waals surface area contributed by atoms with Crippen molar-refractivity contribution in [3.8, 4) is 0 Å². The van der Waals surface area contributed by atoms with E-state index < -0.39 is 11.8 Å². The summed E-state index contributed by atoms with van der Waals surface area (Å²) in [5.41, 5.74) is 0.694. The van der Waals surface area contributed by atoms with Crippen LogP contribution in [0.5, 0.6) is 0 Å². The molecule has 82 valence electrons. The topological polar surface area (TPSA) is 46.5 Å². The van der Waals surface area contributed by atoms with E-state index in [9.17, 15) is 9.18 Å². The molecule has 1 N–H and O–H groups in total. The van der Waals surface area contributed by atoms with Crippen LogP contribution in [0.25, 0.3) is 0 Å². The molecular weight excluding hydrogens is 199 g/mol. The molecule has 15 heavy (non-hydrogen) atoms. The van der Waals surface area contributed by atoms with Crippen LogP contribution in [0.1, 0.15) is 22.3 Å². The van der Waals surface area contributed by atoms with E-state index in [1.54, 1.807) is 0 Å². The van der Waals surface area contributed by atoms with Crippen LogP contribution in [-0.4, -0.2) is 24.8 Å². The Bertz CT molecular complexity index is 350. The van der Waals surface area contributed by atoms with E-state index in [4.69, 9.17) is 5.11 Å². The zero-order valence-corrected chi connectivity index (χ0v) is 8.50. The van der Waals surface area contributed by atoms with Gasteiger partial charge in [0.1, 0.15) is 5.82 Å². The van der Waals surface area contributed by atoms with Crippen molar-refractivity contribution in [2.24, 2.45) is 0 Å². The summed E-state index contributed by atoms with van der Waals surface area (Å²) < 4.78 is 17.8. The lowest BCUT2D eigenvalue weighted by atomic mass is 10.1. The highest BCUT2D eigenvalue weighted by atomic mass is 19.1. The molecule has 3 nitrogen and oxygen atoms in total. The summed E-state index contributed by atoms with van der Waals surface area (Å²) in [4.78, 5) is 11.1. The number of halogens is 1. The van der Waals surface area contributed by atoms with E-state index in [0.29, 0.717) is 18.4 Å². The lowest BCUT2D eigenvalue weighted by Gasteiger charge is -2.04. The van der Waals surface area contributed by atoms with Gasteiger partial charge in [0, 0.05) is 6.61 Å². The molecule has 0 atom stereocenters. The Hall–Kier alpha value is -1.42. The summed E-state index contributed by atoms with van der Waals surface area (Å²) in [5, 5.41) is 8.60. The number of rotatable bonds is 4. The molecule has 0 radical (unpaired) electrons. The molecule has 1 aromatic rings. The normalized spacial score (nSPS) is 10.1. The van der Waals surface area contributed by atoms with Crippen molar-refractivity contribution in [1.29, 1.82) is 0 Å². The maximum Gasteiger partial charge on any atom is 0.337 e. The predicted molar refractivity (Wildman–Crippen MR) is 53.1 cm³/mol. The summed E-state index contributed by atoms with van der Waals surface area (Å²) in [5.74, 6) is -0.992. The van der Waals surface area contributed by atoms with Gasteiger partial charge in [-0.3, -0.25) is 0 Å². The van der Waals surface area contributed by atoms with Gasteiger partial charge in [-0.05, 0) is 30.5 Å². The molecule has 0 amide bonds. The molecule has 0 aliphatic carbocycles. The van der Waals surface area contributed by atoms with Crippen LogP contribution in [0, 0.1) is 5.82 Å². The fourth-order valence-corrected chi connectivity index (χ4v) is 1.26. The molecule has 0 bridgehead atoms. The second kappa shape index (κ2) is 5.46. The van der Waals surface area contributed by atoms with Crippen molar-refractivity contribution >= 4 is 5.97 Å². The number of esters is 1. The first-order valence-corrected chi connectivity index (χ1v) is 4.66. The summed E-state index contributed by atoms with van der Waals surface area (Å²) in [6, 6.07) is 4.21. The summed E-state index contributed by atoms with van der Waals surface area (Å²) in [7, 11) is 1.25. The van der Waals surface area contributed by atoms with Gasteiger partial charge in [0.05, 0.1) is 12.7 Å². The van der Waals surface area contributed by atoms with Gasteiger partial charge < -0.3 is 9.84 Å². The average Bonchev–Trinajstić information content (AvgIpc) is 2.26. The Morgan fingerprint density at radius 2 is 2.27 bits per heavy atom. The molecule has 0 aromatic heterocycles.